The molecule has 22 heavy (non-hydrogen) atoms. The highest BCUT2D eigenvalue weighted by molar-refractivity contribution is 5.72. The quantitative estimate of drug-likeness (QED) is 0.385. The van der Waals surface area contributed by atoms with E-state index in [1.807, 2.05) is 6.92 Å². The second-order valence-electron chi connectivity index (χ2n) is 6.18. The first-order valence-corrected chi connectivity index (χ1v) is 8.25. The largest absolute Gasteiger partial charge is 0.466 e. The van der Waals surface area contributed by atoms with Gasteiger partial charge in [0.15, 0.2) is 0 Å². The minimum absolute atomic E-state index is 0.231. The summed E-state index contributed by atoms with van der Waals surface area (Å²) in [6.07, 6.45) is 3.83. The van der Waals surface area contributed by atoms with Crippen molar-refractivity contribution < 1.29 is 23.8 Å². The summed E-state index contributed by atoms with van der Waals surface area (Å²) in [5, 5.41) is 0. The van der Waals surface area contributed by atoms with Gasteiger partial charge in [0.05, 0.1) is 13.2 Å². The molecule has 0 saturated carbocycles. The van der Waals surface area contributed by atoms with E-state index < -0.39 is 0 Å². The summed E-state index contributed by atoms with van der Waals surface area (Å²) in [5.74, 6) is 0.427. The molecule has 0 aliphatic heterocycles. The van der Waals surface area contributed by atoms with Crippen molar-refractivity contribution in [1.82, 2.24) is 0 Å². The molecule has 5 heteroatoms. The number of ether oxygens (including phenoxy) is 3. The molecule has 0 aliphatic carbocycles. The van der Waals surface area contributed by atoms with Crippen molar-refractivity contribution in [3.05, 3.63) is 0 Å². The molecule has 0 heterocycles. The Bertz CT molecular complexity index is 301. The van der Waals surface area contributed by atoms with Gasteiger partial charge in [-0.1, -0.05) is 20.8 Å². The van der Waals surface area contributed by atoms with Crippen LogP contribution in [0.25, 0.3) is 0 Å². The lowest BCUT2D eigenvalue weighted by Crippen LogP contribution is -2.14. The average molecular weight is 316 g/mol. The van der Waals surface area contributed by atoms with E-state index in [9.17, 15) is 9.59 Å². The highest BCUT2D eigenvalue weighted by Gasteiger charge is 2.09. The van der Waals surface area contributed by atoms with E-state index in [-0.39, 0.29) is 30.7 Å². The molecular formula is C17H32O5. The van der Waals surface area contributed by atoms with Crippen LogP contribution in [-0.4, -0.2) is 38.9 Å². The van der Waals surface area contributed by atoms with Gasteiger partial charge in [-0.3, -0.25) is 9.59 Å². The fourth-order valence-electron chi connectivity index (χ4n) is 1.84. The van der Waals surface area contributed by atoms with Crippen molar-refractivity contribution in [2.75, 3.05) is 26.9 Å². The lowest BCUT2D eigenvalue weighted by Gasteiger charge is -2.11. The number of carbonyl (C=O) groups is 2. The first-order valence-electron chi connectivity index (χ1n) is 8.25. The average Bonchev–Trinajstić information content (AvgIpc) is 2.47. The summed E-state index contributed by atoms with van der Waals surface area (Å²) in [5.41, 5.74) is 0. The van der Waals surface area contributed by atoms with Crippen LogP contribution in [0.2, 0.25) is 0 Å². The second kappa shape index (κ2) is 13.6. The zero-order valence-electron chi connectivity index (χ0n) is 14.6. The summed E-state index contributed by atoms with van der Waals surface area (Å²) < 4.78 is 15.2. The van der Waals surface area contributed by atoms with Crippen molar-refractivity contribution in [3.63, 3.8) is 0 Å². The highest BCUT2D eigenvalue weighted by Crippen LogP contribution is 2.07. The molecule has 0 N–H and O–H groups in total. The van der Waals surface area contributed by atoms with Crippen LogP contribution in [0.1, 0.15) is 59.3 Å². The van der Waals surface area contributed by atoms with Crippen LogP contribution in [0.5, 0.6) is 0 Å². The van der Waals surface area contributed by atoms with E-state index >= 15 is 0 Å². The molecule has 0 saturated heterocycles. The topological polar surface area (TPSA) is 61.8 Å². The lowest BCUT2D eigenvalue weighted by molar-refractivity contribution is -0.146. The second-order valence-corrected chi connectivity index (χ2v) is 6.18. The predicted octanol–water partition coefficient (Wildman–Crippen LogP) is 3.35. The maximum absolute atomic E-state index is 11.5. The molecule has 1 atom stereocenters. The maximum atomic E-state index is 11.5. The molecule has 0 aromatic carbocycles. The molecule has 0 amide bonds. The molecule has 1 unspecified atom stereocenters. The Balaban J connectivity index is 3.52. The minimum Gasteiger partial charge on any atom is -0.466 e. The monoisotopic (exact) mass is 316 g/mol. The van der Waals surface area contributed by atoms with Gasteiger partial charge in [-0.15, -0.1) is 0 Å². The number of esters is 2. The standard InChI is InChI=1S/C17H32O5/c1-14(2)7-6-11-21-16(18)8-5-9-17(19)22-13-15(3)10-12-20-4/h14-15H,5-13H2,1-4H3. The van der Waals surface area contributed by atoms with Crippen molar-refractivity contribution in [1.29, 1.82) is 0 Å². The summed E-state index contributed by atoms with van der Waals surface area (Å²) >= 11 is 0. The van der Waals surface area contributed by atoms with Crippen LogP contribution >= 0.6 is 0 Å². The first-order chi connectivity index (χ1) is 10.5. The molecule has 0 bridgehead atoms. The van der Waals surface area contributed by atoms with Crippen molar-refractivity contribution >= 4 is 11.9 Å². The molecule has 0 radical (unpaired) electrons. The zero-order valence-corrected chi connectivity index (χ0v) is 14.6. The Labute approximate surface area is 134 Å². The SMILES string of the molecule is COCCC(C)COC(=O)CCCC(=O)OCCCC(C)C. The molecule has 5 nitrogen and oxygen atoms in total. The van der Waals surface area contributed by atoms with Crippen LogP contribution in [0, 0.1) is 11.8 Å². The van der Waals surface area contributed by atoms with Crippen LogP contribution in [0.4, 0.5) is 0 Å². The van der Waals surface area contributed by atoms with Crippen LogP contribution in [0.3, 0.4) is 0 Å². The Morgan fingerprint density at radius 2 is 1.50 bits per heavy atom. The van der Waals surface area contributed by atoms with Crippen LogP contribution in [0.15, 0.2) is 0 Å². The van der Waals surface area contributed by atoms with Crippen molar-refractivity contribution in [2.45, 2.75) is 59.3 Å². The van der Waals surface area contributed by atoms with Gasteiger partial charge in [0, 0.05) is 26.6 Å². The minimum atomic E-state index is -0.253. The third-order valence-electron chi connectivity index (χ3n) is 3.29. The molecule has 0 aromatic rings. The fourth-order valence-corrected chi connectivity index (χ4v) is 1.84. The van der Waals surface area contributed by atoms with E-state index in [4.69, 9.17) is 14.2 Å². The lowest BCUT2D eigenvalue weighted by atomic mass is 10.1. The van der Waals surface area contributed by atoms with Crippen molar-refractivity contribution in [2.24, 2.45) is 11.8 Å². The van der Waals surface area contributed by atoms with E-state index in [0.29, 0.717) is 32.2 Å². The Hall–Kier alpha value is -1.10. The van der Waals surface area contributed by atoms with E-state index in [0.717, 1.165) is 19.3 Å². The van der Waals surface area contributed by atoms with Gasteiger partial charge in [-0.25, -0.2) is 0 Å². The third-order valence-corrected chi connectivity index (χ3v) is 3.29. The number of carbonyl (C=O) groups excluding carboxylic acids is 2. The Morgan fingerprint density at radius 3 is 2.09 bits per heavy atom. The molecular weight excluding hydrogens is 284 g/mol. The normalized spacial score (nSPS) is 12.2. The smallest absolute Gasteiger partial charge is 0.305 e. The van der Waals surface area contributed by atoms with Crippen LogP contribution in [-0.2, 0) is 23.8 Å². The Kier molecular flexibility index (Phi) is 12.9. The van der Waals surface area contributed by atoms with Crippen molar-refractivity contribution in [3.8, 4) is 0 Å². The molecule has 0 aliphatic rings. The van der Waals surface area contributed by atoms with E-state index in [1.54, 1.807) is 7.11 Å². The third kappa shape index (κ3) is 13.9. The number of rotatable bonds is 13. The number of methoxy groups -OCH3 is 1. The van der Waals surface area contributed by atoms with Gasteiger partial charge in [0.25, 0.3) is 0 Å². The van der Waals surface area contributed by atoms with Gasteiger partial charge in [-0.2, -0.15) is 0 Å². The predicted molar refractivity (Wildman–Crippen MR) is 85.5 cm³/mol. The summed E-state index contributed by atoms with van der Waals surface area (Å²) in [6, 6.07) is 0. The van der Waals surface area contributed by atoms with Gasteiger partial charge in [-0.05, 0) is 37.5 Å². The molecule has 0 fully saturated rings. The summed E-state index contributed by atoms with van der Waals surface area (Å²) in [6.45, 7) is 7.84. The fraction of sp³-hybridized carbons (Fsp3) is 0.882. The number of hydrogen-bond acceptors (Lipinski definition) is 5. The zero-order chi connectivity index (χ0) is 16.8. The van der Waals surface area contributed by atoms with Gasteiger partial charge in [0.2, 0.25) is 0 Å². The van der Waals surface area contributed by atoms with Gasteiger partial charge in [0.1, 0.15) is 0 Å². The van der Waals surface area contributed by atoms with Gasteiger partial charge >= 0.3 is 11.9 Å². The Morgan fingerprint density at radius 1 is 0.864 bits per heavy atom. The number of hydrogen-bond donors (Lipinski definition) is 0. The highest BCUT2D eigenvalue weighted by atomic mass is 16.5. The van der Waals surface area contributed by atoms with E-state index in [2.05, 4.69) is 13.8 Å². The first kappa shape index (κ1) is 20.9. The summed E-state index contributed by atoms with van der Waals surface area (Å²) in [4.78, 5) is 23.0. The maximum Gasteiger partial charge on any atom is 0.305 e. The molecule has 0 aromatic heterocycles. The van der Waals surface area contributed by atoms with E-state index in [1.165, 1.54) is 0 Å². The molecule has 0 spiro atoms. The molecule has 130 valence electrons. The molecule has 0 rings (SSSR count). The van der Waals surface area contributed by atoms with Gasteiger partial charge < -0.3 is 14.2 Å². The van der Waals surface area contributed by atoms with Crippen LogP contribution < -0.4 is 0 Å². The summed E-state index contributed by atoms with van der Waals surface area (Å²) in [7, 11) is 1.65.